The Hall–Kier alpha value is -2.44. The van der Waals surface area contributed by atoms with Gasteiger partial charge in [-0.25, -0.2) is 4.79 Å². The van der Waals surface area contributed by atoms with Crippen molar-refractivity contribution in [3.8, 4) is 11.5 Å². The molecule has 0 fully saturated rings. The number of halogens is 2. The third-order valence-electron chi connectivity index (χ3n) is 2.84. The number of amidine groups is 1. The summed E-state index contributed by atoms with van der Waals surface area (Å²) >= 11 is 11.8. The topological polar surface area (TPSA) is 83.1 Å². The normalized spacial score (nSPS) is 11.0. The number of carbonyl (C=O) groups excluding carboxylic acids is 1. The first kappa shape index (κ1) is 17.9. The van der Waals surface area contributed by atoms with Crippen molar-refractivity contribution in [1.82, 2.24) is 0 Å². The molecule has 0 aliphatic rings. The molecule has 0 heterocycles. The molecule has 0 saturated heterocycles. The van der Waals surface area contributed by atoms with Gasteiger partial charge in [0.25, 0.3) is 0 Å². The van der Waals surface area contributed by atoms with Crippen LogP contribution in [-0.4, -0.2) is 25.5 Å². The van der Waals surface area contributed by atoms with E-state index in [1.165, 1.54) is 13.2 Å². The Kier molecular flexibility index (Phi) is 6.28. The summed E-state index contributed by atoms with van der Waals surface area (Å²) in [6, 6.07) is 11.4. The zero-order valence-corrected chi connectivity index (χ0v) is 14.2. The molecule has 2 aromatic carbocycles. The number of nitrogens with zero attached hydrogens (tertiary/aromatic N) is 1. The lowest BCUT2D eigenvalue weighted by Gasteiger charge is -2.08. The zero-order chi connectivity index (χ0) is 17.5. The summed E-state index contributed by atoms with van der Waals surface area (Å²) in [6.07, 6.45) is 0. The maximum absolute atomic E-state index is 12.0. The minimum absolute atomic E-state index is 0.0377. The fraction of sp³-hybridized carbons (Fsp3) is 0.125. The highest BCUT2D eigenvalue weighted by atomic mass is 35.5. The molecule has 0 spiro atoms. The first-order chi connectivity index (χ1) is 11.5. The van der Waals surface area contributed by atoms with Crippen LogP contribution in [0.15, 0.2) is 47.6 Å². The molecule has 6 nitrogen and oxygen atoms in total. The number of para-hydroxylation sites is 1. The first-order valence-electron chi connectivity index (χ1n) is 6.76. The standard InChI is InChI=1S/C16H14Cl2N2O4/c1-22-13-5-3-2-4-11(13)16(21)24-20-15(19)9-23-14-7-6-10(17)8-12(14)18/h2-8H,9H2,1H3,(H2,19,20). The third kappa shape index (κ3) is 4.78. The summed E-state index contributed by atoms with van der Waals surface area (Å²) < 4.78 is 10.4. The molecule has 0 unspecified atom stereocenters. The van der Waals surface area contributed by atoms with Gasteiger partial charge in [0, 0.05) is 5.02 Å². The Morgan fingerprint density at radius 3 is 2.62 bits per heavy atom. The molecular formula is C16H14Cl2N2O4. The van der Waals surface area contributed by atoms with Crippen LogP contribution in [0, 0.1) is 0 Å². The van der Waals surface area contributed by atoms with Crippen LogP contribution in [0.4, 0.5) is 0 Å². The number of hydrogen-bond acceptors (Lipinski definition) is 5. The Balaban J connectivity index is 1.95. The van der Waals surface area contributed by atoms with Crippen molar-refractivity contribution < 1.29 is 19.1 Å². The van der Waals surface area contributed by atoms with Crippen LogP contribution in [-0.2, 0) is 4.84 Å². The molecule has 8 heteroatoms. The van der Waals surface area contributed by atoms with Crippen LogP contribution in [0.25, 0.3) is 0 Å². The lowest BCUT2D eigenvalue weighted by molar-refractivity contribution is 0.0510. The maximum Gasteiger partial charge on any atom is 0.369 e. The van der Waals surface area contributed by atoms with Gasteiger partial charge in [0.1, 0.15) is 23.7 Å². The number of nitrogens with two attached hydrogens (primary N) is 1. The van der Waals surface area contributed by atoms with Gasteiger partial charge in [-0.05, 0) is 30.3 Å². The summed E-state index contributed by atoms with van der Waals surface area (Å²) in [4.78, 5) is 16.7. The molecule has 0 aliphatic carbocycles. The molecule has 2 aromatic rings. The molecule has 0 aromatic heterocycles. The molecule has 126 valence electrons. The maximum atomic E-state index is 12.0. The van der Waals surface area contributed by atoms with E-state index >= 15 is 0 Å². The van der Waals surface area contributed by atoms with Gasteiger partial charge in [-0.15, -0.1) is 0 Å². The predicted molar refractivity (Wildman–Crippen MR) is 92.0 cm³/mol. The Morgan fingerprint density at radius 2 is 1.92 bits per heavy atom. The number of carbonyl (C=O) groups is 1. The lowest BCUT2D eigenvalue weighted by Crippen LogP contribution is -2.22. The second-order valence-electron chi connectivity index (χ2n) is 4.53. The highest BCUT2D eigenvalue weighted by Crippen LogP contribution is 2.27. The molecule has 2 N–H and O–H groups in total. The van der Waals surface area contributed by atoms with Gasteiger partial charge in [-0.2, -0.15) is 0 Å². The third-order valence-corrected chi connectivity index (χ3v) is 3.37. The van der Waals surface area contributed by atoms with E-state index in [2.05, 4.69) is 5.16 Å². The number of ether oxygens (including phenoxy) is 2. The highest BCUT2D eigenvalue weighted by molar-refractivity contribution is 6.35. The van der Waals surface area contributed by atoms with E-state index in [4.69, 9.17) is 43.2 Å². The van der Waals surface area contributed by atoms with Crippen molar-refractivity contribution in [2.75, 3.05) is 13.7 Å². The van der Waals surface area contributed by atoms with E-state index in [9.17, 15) is 4.79 Å². The summed E-state index contributed by atoms with van der Waals surface area (Å²) in [6.45, 7) is -0.111. The lowest BCUT2D eigenvalue weighted by atomic mass is 10.2. The van der Waals surface area contributed by atoms with Gasteiger partial charge in [-0.1, -0.05) is 40.5 Å². The second-order valence-corrected chi connectivity index (χ2v) is 5.37. The molecule has 2 rings (SSSR count). The van der Waals surface area contributed by atoms with Gasteiger partial charge in [0.15, 0.2) is 5.84 Å². The van der Waals surface area contributed by atoms with Crippen LogP contribution in [0.5, 0.6) is 11.5 Å². The number of benzene rings is 2. The fourth-order valence-electron chi connectivity index (χ4n) is 1.73. The van der Waals surface area contributed by atoms with Crippen molar-refractivity contribution in [1.29, 1.82) is 0 Å². The fourth-order valence-corrected chi connectivity index (χ4v) is 2.20. The minimum atomic E-state index is -0.695. The van der Waals surface area contributed by atoms with Crippen LogP contribution >= 0.6 is 23.2 Å². The monoisotopic (exact) mass is 368 g/mol. The molecule has 0 amide bonds. The molecule has 24 heavy (non-hydrogen) atoms. The van der Waals surface area contributed by atoms with Gasteiger partial charge in [0.2, 0.25) is 0 Å². The highest BCUT2D eigenvalue weighted by Gasteiger charge is 2.13. The van der Waals surface area contributed by atoms with E-state index in [0.29, 0.717) is 21.5 Å². The molecule has 0 radical (unpaired) electrons. The SMILES string of the molecule is COc1ccccc1C(=O)O/N=C(/N)COc1ccc(Cl)cc1Cl. The quantitative estimate of drug-likeness (QED) is 0.365. The number of rotatable bonds is 6. The van der Waals surface area contributed by atoms with E-state index in [-0.39, 0.29) is 18.0 Å². The molecule has 0 atom stereocenters. The van der Waals surface area contributed by atoms with Crippen molar-refractivity contribution >= 4 is 35.0 Å². The first-order valence-corrected chi connectivity index (χ1v) is 7.51. The Morgan fingerprint density at radius 1 is 1.17 bits per heavy atom. The van der Waals surface area contributed by atoms with Crippen molar-refractivity contribution in [2.24, 2.45) is 10.9 Å². The number of oxime groups is 1. The largest absolute Gasteiger partial charge is 0.496 e. The van der Waals surface area contributed by atoms with Crippen molar-refractivity contribution in [2.45, 2.75) is 0 Å². The average molecular weight is 369 g/mol. The average Bonchev–Trinajstić information content (AvgIpc) is 2.58. The van der Waals surface area contributed by atoms with Crippen molar-refractivity contribution in [3.05, 3.63) is 58.1 Å². The van der Waals surface area contributed by atoms with Crippen LogP contribution in [0.2, 0.25) is 10.0 Å². The minimum Gasteiger partial charge on any atom is -0.496 e. The van der Waals surface area contributed by atoms with E-state index in [0.717, 1.165) is 0 Å². The molecule has 0 aliphatic heterocycles. The summed E-state index contributed by atoms with van der Waals surface area (Å²) in [5, 5.41) is 4.35. The van der Waals surface area contributed by atoms with Crippen LogP contribution < -0.4 is 15.2 Å². The van der Waals surface area contributed by atoms with E-state index in [1.54, 1.807) is 36.4 Å². The number of methoxy groups -OCH3 is 1. The zero-order valence-electron chi connectivity index (χ0n) is 12.7. The Labute approximate surface area is 148 Å². The van der Waals surface area contributed by atoms with E-state index < -0.39 is 5.97 Å². The van der Waals surface area contributed by atoms with Crippen LogP contribution in [0.3, 0.4) is 0 Å². The molecule has 0 bridgehead atoms. The van der Waals surface area contributed by atoms with Gasteiger partial charge in [0.05, 0.1) is 12.1 Å². The van der Waals surface area contributed by atoms with Crippen LogP contribution in [0.1, 0.15) is 10.4 Å². The van der Waals surface area contributed by atoms with Crippen molar-refractivity contribution in [3.63, 3.8) is 0 Å². The number of hydrogen-bond donors (Lipinski definition) is 1. The smallest absolute Gasteiger partial charge is 0.369 e. The Bertz CT molecular complexity index is 765. The molecular weight excluding hydrogens is 355 g/mol. The van der Waals surface area contributed by atoms with Gasteiger partial charge < -0.3 is 20.0 Å². The summed E-state index contributed by atoms with van der Waals surface area (Å²) in [7, 11) is 1.45. The summed E-state index contributed by atoms with van der Waals surface area (Å²) in [5.74, 6) is 0.0277. The van der Waals surface area contributed by atoms with E-state index in [1.807, 2.05) is 0 Å². The predicted octanol–water partition coefficient (Wildman–Crippen LogP) is 3.51. The van der Waals surface area contributed by atoms with Gasteiger partial charge in [-0.3, -0.25) is 0 Å². The van der Waals surface area contributed by atoms with Gasteiger partial charge >= 0.3 is 5.97 Å². The summed E-state index contributed by atoms with van der Waals surface area (Å²) in [5.41, 5.74) is 5.88. The second kappa shape index (κ2) is 8.42. The molecule has 0 saturated carbocycles.